The molecule has 0 saturated carbocycles. The Balaban J connectivity index is 0.924. The van der Waals surface area contributed by atoms with E-state index >= 15 is 0 Å². The van der Waals surface area contributed by atoms with Gasteiger partial charge in [0.2, 0.25) is 0 Å². The average molecular weight is 889 g/mol. The quantitative estimate of drug-likeness (QED) is 0.139. The number of benzene rings is 6. The number of rotatable bonds is 9. The molecular weight excluding hydrogens is 853 g/mol. The second-order valence-corrected chi connectivity index (χ2v) is 16.4. The molecule has 0 aliphatic carbocycles. The topological polar surface area (TPSA) is 131 Å². The highest BCUT2D eigenvalue weighted by atomic mass is 15.1. The van der Waals surface area contributed by atoms with Gasteiger partial charge < -0.3 is 0 Å². The van der Waals surface area contributed by atoms with Crippen LogP contribution in [0.1, 0.15) is 0 Å². The first-order valence-corrected chi connectivity index (χ1v) is 22.4. The fourth-order valence-corrected chi connectivity index (χ4v) is 8.99. The number of hydrogen-bond donors (Lipinski definition) is 0. The van der Waals surface area contributed by atoms with Crippen molar-refractivity contribution in [1.82, 2.24) is 58.6 Å². The van der Waals surface area contributed by atoms with Crippen molar-refractivity contribution in [3.63, 3.8) is 0 Å². The standard InChI is InChI=1S/C57H36N12/c1-4-10-49-46(7-1)61-55(40-25-31-58-32-26-40)67(49)43-19-13-37(14-20-43)52-64-53(38-15-21-44(22-16-38)68-50-11-5-2-8-47(50)62-56(68)41-27-33-59-34-28-41)66-54(65-52)39-17-23-45(24-18-39)69-51-12-6-3-9-48(51)63-57(69)42-29-35-60-36-30-42/h1-36H. The number of nitrogens with zero attached hydrogens (tertiary/aromatic N) is 12. The van der Waals surface area contributed by atoms with Gasteiger partial charge in [0.1, 0.15) is 17.5 Å². The van der Waals surface area contributed by atoms with Crippen LogP contribution in [0, 0.1) is 0 Å². The SMILES string of the molecule is c1ccc2c(c1)nc(-c1ccncc1)n2-c1ccc(-c2nc(-c3ccc(-n4c(-c5ccncc5)nc5ccccc54)cc3)nc(-c3ccc(-n4c(-c5ccncc5)nc5ccccc54)cc3)n2)cc1. The molecule has 12 nitrogen and oxygen atoms in total. The molecule has 0 radical (unpaired) electrons. The predicted octanol–water partition coefficient (Wildman–Crippen LogP) is 12.1. The smallest absolute Gasteiger partial charge is 0.164 e. The molecule has 0 fully saturated rings. The molecule has 12 heteroatoms. The van der Waals surface area contributed by atoms with E-state index in [1.165, 1.54) is 0 Å². The molecular formula is C57H36N12. The molecule has 7 aromatic heterocycles. The van der Waals surface area contributed by atoms with Crippen LogP contribution in [0.4, 0.5) is 0 Å². The van der Waals surface area contributed by atoms with Gasteiger partial charge in [0.15, 0.2) is 17.5 Å². The van der Waals surface area contributed by atoms with Gasteiger partial charge >= 0.3 is 0 Å². The number of fused-ring (bicyclic) bond motifs is 3. The molecule has 69 heavy (non-hydrogen) atoms. The molecule has 0 N–H and O–H groups in total. The van der Waals surface area contributed by atoms with E-state index in [-0.39, 0.29) is 0 Å². The minimum absolute atomic E-state index is 0.542. The highest BCUT2D eigenvalue weighted by molar-refractivity contribution is 5.86. The second-order valence-electron chi connectivity index (χ2n) is 16.4. The highest BCUT2D eigenvalue weighted by Gasteiger charge is 2.20. The third-order valence-electron chi connectivity index (χ3n) is 12.3. The number of imidazole rings is 3. The zero-order valence-corrected chi connectivity index (χ0v) is 36.7. The summed E-state index contributed by atoms with van der Waals surface area (Å²) in [7, 11) is 0. The third kappa shape index (κ3) is 7.07. The Hall–Kier alpha value is -9.81. The van der Waals surface area contributed by atoms with Gasteiger partial charge in [-0.25, -0.2) is 29.9 Å². The van der Waals surface area contributed by atoms with E-state index in [4.69, 9.17) is 29.9 Å². The van der Waals surface area contributed by atoms with Gasteiger partial charge in [0, 0.05) is 87.6 Å². The second kappa shape index (κ2) is 16.6. The summed E-state index contributed by atoms with van der Waals surface area (Å²) in [5.74, 6) is 4.12. The minimum atomic E-state index is 0.542. The molecule has 0 bridgehead atoms. The molecule has 0 saturated heterocycles. The Morgan fingerprint density at radius 3 is 0.768 bits per heavy atom. The van der Waals surface area contributed by atoms with Crippen molar-refractivity contribution in [1.29, 1.82) is 0 Å². The van der Waals surface area contributed by atoms with E-state index in [1.54, 1.807) is 37.2 Å². The summed E-state index contributed by atoms with van der Waals surface area (Å²) >= 11 is 0. The predicted molar refractivity (Wildman–Crippen MR) is 270 cm³/mol. The summed E-state index contributed by atoms with van der Waals surface area (Å²) in [5, 5.41) is 0. The third-order valence-corrected chi connectivity index (χ3v) is 12.3. The Morgan fingerprint density at radius 1 is 0.232 bits per heavy atom. The van der Waals surface area contributed by atoms with E-state index in [0.717, 1.165) is 101 Å². The molecule has 0 spiro atoms. The van der Waals surface area contributed by atoms with Crippen LogP contribution in [-0.4, -0.2) is 58.6 Å². The van der Waals surface area contributed by atoms with E-state index in [9.17, 15) is 0 Å². The average Bonchev–Trinajstić information content (AvgIpc) is 4.14. The molecule has 0 aliphatic heterocycles. The van der Waals surface area contributed by atoms with Crippen LogP contribution in [0.15, 0.2) is 219 Å². The van der Waals surface area contributed by atoms with Gasteiger partial charge in [0.25, 0.3) is 0 Å². The maximum absolute atomic E-state index is 5.16. The molecule has 0 atom stereocenters. The van der Waals surface area contributed by atoms with Crippen LogP contribution in [0.5, 0.6) is 0 Å². The van der Waals surface area contributed by atoms with Crippen molar-refractivity contribution >= 4 is 33.1 Å². The van der Waals surface area contributed by atoms with Crippen LogP contribution in [0.3, 0.4) is 0 Å². The van der Waals surface area contributed by atoms with Gasteiger partial charge in [-0.2, -0.15) is 0 Å². The molecule has 324 valence electrons. The Kier molecular flexibility index (Phi) is 9.49. The van der Waals surface area contributed by atoms with Crippen molar-refractivity contribution in [3.05, 3.63) is 219 Å². The maximum Gasteiger partial charge on any atom is 0.164 e. The first-order valence-electron chi connectivity index (χ1n) is 22.4. The summed E-state index contributed by atoms with van der Waals surface area (Å²) in [6.07, 6.45) is 10.7. The van der Waals surface area contributed by atoms with Gasteiger partial charge in [-0.15, -0.1) is 0 Å². The minimum Gasteiger partial charge on any atom is -0.292 e. The highest BCUT2D eigenvalue weighted by Crippen LogP contribution is 2.34. The lowest BCUT2D eigenvalue weighted by Gasteiger charge is -2.13. The number of pyridine rings is 3. The van der Waals surface area contributed by atoms with Crippen molar-refractivity contribution < 1.29 is 0 Å². The summed E-state index contributed by atoms with van der Waals surface area (Å²) in [6.45, 7) is 0. The van der Waals surface area contributed by atoms with Crippen LogP contribution in [-0.2, 0) is 0 Å². The summed E-state index contributed by atoms with van der Waals surface area (Å²) in [6, 6.07) is 61.3. The van der Waals surface area contributed by atoms with Crippen molar-refractivity contribution in [2.24, 2.45) is 0 Å². The van der Waals surface area contributed by atoms with E-state index in [2.05, 4.69) is 120 Å². The summed E-state index contributed by atoms with van der Waals surface area (Å²) in [5.41, 5.74) is 14.0. The summed E-state index contributed by atoms with van der Waals surface area (Å²) in [4.78, 5) is 43.3. The fraction of sp³-hybridized carbons (Fsp3) is 0. The Morgan fingerprint density at radius 2 is 0.493 bits per heavy atom. The lowest BCUT2D eigenvalue weighted by Crippen LogP contribution is -2.02. The fourth-order valence-electron chi connectivity index (χ4n) is 8.99. The first-order chi connectivity index (χ1) is 34.2. The molecule has 7 heterocycles. The van der Waals surface area contributed by atoms with Crippen molar-refractivity contribution in [3.8, 4) is 85.4 Å². The molecule has 0 amide bonds. The van der Waals surface area contributed by atoms with E-state index in [0.29, 0.717) is 17.5 Å². The normalized spacial score (nSPS) is 11.5. The maximum atomic E-state index is 5.16. The molecule has 6 aromatic carbocycles. The van der Waals surface area contributed by atoms with Crippen LogP contribution in [0.25, 0.3) is 118 Å². The van der Waals surface area contributed by atoms with Crippen LogP contribution < -0.4 is 0 Å². The van der Waals surface area contributed by atoms with Gasteiger partial charge in [-0.05, 0) is 146 Å². The summed E-state index contributed by atoms with van der Waals surface area (Å²) < 4.78 is 6.53. The largest absolute Gasteiger partial charge is 0.292 e. The van der Waals surface area contributed by atoms with Crippen LogP contribution >= 0.6 is 0 Å². The van der Waals surface area contributed by atoms with Gasteiger partial charge in [-0.1, -0.05) is 36.4 Å². The van der Waals surface area contributed by atoms with E-state index in [1.807, 2.05) is 91.0 Å². The first kappa shape index (κ1) is 39.5. The monoisotopic (exact) mass is 888 g/mol. The van der Waals surface area contributed by atoms with Gasteiger partial charge in [-0.3, -0.25) is 28.7 Å². The van der Waals surface area contributed by atoms with Crippen LogP contribution in [0.2, 0.25) is 0 Å². The molecule has 0 unspecified atom stereocenters. The Labute approximate surface area is 394 Å². The molecule has 0 aliphatic rings. The number of para-hydroxylation sites is 6. The van der Waals surface area contributed by atoms with E-state index < -0.39 is 0 Å². The van der Waals surface area contributed by atoms with Gasteiger partial charge in [0.05, 0.1) is 33.1 Å². The zero-order valence-electron chi connectivity index (χ0n) is 36.7. The molecule has 13 aromatic rings. The Bertz CT molecular complexity index is 3550. The molecule has 13 rings (SSSR count). The number of hydrogen-bond acceptors (Lipinski definition) is 9. The van der Waals surface area contributed by atoms with Crippen molar-refractivity contribution in [2.75, 3.05) is 0 Å². The number of aromatic nitrogens is 12. The zero-order chi connectivity index (χ0) is 45.7. The van der Waals surface area contributed by atoms with Crippen molar-refractivity contribution in [2.45, 2.75) is 0 Å². The lowest BCUT2D eigenvalue weighted by molar-refractivity contribution is 1.06. The lowest BCUT2D eigenvalue weighted by atomic mass is 10.1.